The first-order chi connectivity index (χ1) is 13.2. The third kappa shape index (κ3) is 3.91. The van der Waals surface area contributed by atoms with Gasteiger partial charge in [-0.1, -0.05) is 41.9 Å². The Labute approximate surface area is 164 Å². The van der Waals surface area contributed by atoms with E-state index in [-0.39, 0.29) is 5.91 Å². The Bertz CT molecular complexity index is 952. The second kappa shape index (κ2) is 7.97. The van der Waals surface area contributed by atoms with Gasteiger partial charge in [0.25, 0.3) is 5.91 Å². The molecule has 1 aliphatic rings. The molecule has 0 radical (unpaired) electrons. The molecule has 27 heavy (non-hydrogen) atoms. The number of piperidine rings is 1. The number of amides is 1. The molecule has 1 N–H and O–H groups in total. The predicted octanol–water partition coefficient (Wildman–Crippen LogP) is 5.13. The molecule has 1 amide bonds. The molecule has 0 bridgehead atoms. The highest BCUT2D eigenvalue weighted by atomic mass is 35.5. The summed E-state index contributed by atoms with van der Waals surface area (Å²) in [5, 5.41) is 4.98. The number of carbonyl (C=O) groups is 1. The first kappa shape index (κ1) is 17.8. The van der Waals surface area contributed by atoms with Crippen molar-refractivity contribution in [3.05, 3.63) is 70.9 Å². The number of nitrogens with zero attached hydrogens (tertiary/aromatic N) is 2. The van der Waals surface area contributed by atoms with Crippen LogP contribution < -0.4 is 5.32 Å². The van der Waals surface area contributed by atoms with Gasteiger partial charge in [0.2, 0.25) is 0 Å². The summed E-state index contributed by atoms with van der Waals surface area (Å²) in [7, 11) is 0. The summed E-state index contributed by atoms with van der Waals surface area (Å²) in [6, 6.07) is 15.7. The zero-order valence-corrected chi connectivity index (χ0v) is 15.9. The van der Waals surface area contributed by atoms with Crippen molar-refractivity contribution in [1.82, 2.24) is 9.88 Å². The minimum Gasteiger partial charge on any atom is -0.380 e. The van der Waals surface area contributed by atoms with E-state index in [0.717, 1.165) is 48.1 Å². The van der Waals surface area contributed by atoms with Gasteiger partial charge in [0.1, 0.15) is 0 Å². The Balaban J connectivity index is 1.73. The van der Waals surface area contributed by atoms with Crippen LogP contribution in [0.4, 0.5) is 5.69 Å². The van der Waals surface area contributed by atoms with E-state index >= 15 is 0 Å². The van der Waals surface area contributed by atoms with Gasteiger partial charge in [0.05, 0.1) is 16.8 Å². The summed E-state index contributed by atoms with van der Waals surface area (Å²) in [4.78, 5) is 19.6. The van der Waals surface area contributed by atoms with E-state index in [1.807, 2.05) is 41.3 Å². The molecular formula is C22H22ClN3O. The lowest BCUT2D eigenvalue weighted by Crippen LogP contribution is -2.36. The molecule has 1 aromatic heterocycles. The van der Waals surface area contributed by atoms with Crippen molar-refractivity contribution in [2.75, 3.05) is 18.4 Å². The summed E-state index contributed by atoms with van der Waals surface area (Å²) in [6.07, 6.45) is 5.01. The van der Waals surface area contributed by atoms with E-state index in [2.05, 4.69) is 22.4 Å². The molecule has 0 spiro atoms. The van der Waals surface area contributed by atoms with Crippen LogP contribution in [0, 0.1) is 0 Å². The number of benzene rings is 2. The first-order valence-electron chi connectivity index (χ1n) is 9.38. The summed E-state index contributed by atoms with van der Waals surface area (Å²) in [5.41, 5.74) is 3.40. The van der Waals surface area contributed by atoms with Gasteiger partial charge >= 0.3 is 0 Å². The lowest BCUT2D eigenvalue weighted by atomic mass is 10.1. The molecule has 0 saturated carbocycles. The number of likely N-dealkylation sites (tertiary alicyclic amines) is 1. The maximum atomic E-state index is 13.2. The zero-order valence-electron chi connectivity index (χ0n) is 15.1. The van der Waals surface area contributed by atoms with E-state index in [4.69, 9.17) is 11.6 Å². The highest BCUT2D eigenvalue weighted by Gasteiger charge is 2.22. The molecule has 5 heteroatoms. The fourth-order valence-corrected chi connectivity index (χ4v) is 3.74. The van der Waals surface area contributed by atoms with Crippen LogP contribution >= 0.6 is 11.6 Å². The van der Waals surface area contributed by atoms with Gasteiger partial charge in [-0.05, 0) is 43.0 Å². The lowest BCUT2D eigenvalue weighted by Gasteiger charge is -2.27. The molecule has 0 aliphatic carbocycles. The molecule has 138 valence electrons. The Morgan fingerprint density at radius 3 is 2.63 bits per heavy atom. The average Bonchev–Trinajstić information content (AvgIpc) is 2.72. The van der Waals surface area contributed by atoms with Crippen molar-refractivity contribution in [3.63, 3.8) is 0 Å². The van der Waals surface area contributed by atoms with Crippen molar-refractivity contribution in [1.29, 1.82) is 0 Å². The number of hydrogen-bond donors (Lipinski definition) is 1. The number of hydrogen-bond acceptors (Lipinski definition) is 3. The molecule has 0 atom stereocenters. The van der Waals surface area contributed by atoms with Gasteiger partial charge in [-0.3, -0.25) is 9.78 Å². The summed E-state index contributed by atoms with van der Waals surface area (Å²) < 4.78 is 0. The summed E-state index contributed by atoms with van der Waals surface area (Å²) >= 11 is 6.24. The molecule has 1 saturated heterocycles. The molecule has 2 aromatic carbocycles. The van der Waals surface area contributed by atoms with Crippen molar-refractivity contribution in [2.24, 2.45) is 0 Å². The number of carbonyl (C=O) groups excluding carboxylic acids is 1. The topological polar surface area (TPSA) is 45.2 Å². The van der Waals surface area contributed by atoms with E-state index < -0.39 is 0 Å². The lowest BCUT2D eigenvalue weighted by molar-refractivity contribution is 0.0725. The maximum absolute atomic E-state index is 13.2. The van der Waals surface area contributed by atoms with Gasteiger partial charge < -0.3 is 10.2 Å². The van der Waals surface area contributed by atoms with Crippen LogP contribution in [0.1, 0.15) is 35.2 Å². The van der Waals surface area contributed by atoms with Crippen LogP contribution in [-0.2, 0) is 6.54 Å². The quantitative estimate of drug-likeness (QED) is 0.683. The van der Waals surface area contributed by atoms with Crippen molar-refractivity contribution in [2.45, 2.75) is 25.8 Å². The van der Waals surface area contributed by atoms with E-state index in [1.54, 1.807) is 6.20 Å². The number of pyridine rings is 1. The van der Waals surface area contributed by atoms with Gasteiger partial charge in [-0.15, -0.1) is 0 Å². The highest BCUT2D eigenvalue weighted by Crippen LogP contribution is 2.30. The normalized spacial score (nSPS) is 14.3. The monoisotopic (exact) mass is 379 g/mol. The molecule has 4 rings (SSSR count). The van der Waals surface area contributed by atoms with E-state index in [9.17, 15) is 4.79 Å². The largest absolute Gasteiger partial charge is 0.380 e. The third-order valence-corrected chi connectivity index (χ3v) is 5.25. The highest BCUT2D eigenvalue weighted by molar-refractivity contribution is 6.31. The molecular weight excluding hydrogens is 358 g/mol. The van der Waals surface area contributed by atoms with Crippen LogP contribution in [0.25, 0.3) is 10.9 Å². The van der Waals surface area contributed by atoms with Crippen molar-refractivity contribution >= 4 is 34.1 Å². The predicted molar refractivity (Wildman–Crippen MR) is 110 cm³/mol. The van der Waals surface area contributed by atoms with Crippen LogP contribution in [0.5, 0.6) is 0 Å². The van der Waals surface area contributed by atoms with Crippen molar-refractivity contribution in [3.8, 4) is 0 Å². The Hall–Kier alpha value is -2.59. The maximum Gasteiger partial charge on any atom is 0.257 e. The zero-order chi connectivity index (χ0) is 18.6. The number of aromatic nitrogens is 1. The number of nitrogens with one attached hydrogen (secondary N) is 1. The second-order valence-corrected chi connectivity index (χ2v) is 7.34. The number of rotatable bonds is 4. The van der Waals surface area contributed by atoms with Crippen molar-refractivity contribution < 1.29 is 4.79 Å². The molecule has 2 heterocycles. The molecule has 1 fully saturated rings. The molecule has 1 aliphatic heterocycles. The van der Waals surface area contributed by atoms with E-state index in [0.29, 0.717) is 17.1 Å². The smallest absolute Gasteiger partial charge is 0.257 e. The minimum absolute atomic E-state index is 0.0413. The summed E-state index contributed by atoms with van der Waals surface area (Å²) in [6.45, 7) is 2.25. The van der Waals surface area contributed by atoms with Crippen LogP contribution in [0.2, 0.25) is 5.02 Å². The van der Waals surface area contributed by atoms with Crippen LogP contribution in [0.3, 0.4) is 0 Å². The van der Waals surface area contributed by atoms with Crippen LogP contribution in [-0.4, -0.2) is 28.9 Å². The Morgan fingerprint density at radius 1 is 1.07 bits per heavy atom. The van der Waals surface area contributed by atoms with Gasteiger partial charge in [-0.25, -0.2) is 0 Å². The van der Waals surface area contributed by atoms with Crippen LogP contribution in [0.15, 0.2) is 54.7 Å². The first-order valence-corrected chi connectivity index (χ1v) is 9.75. The van der Waals surface area contributed by atoms with Gasteiger partial charge in [0.15, 0.2) is 0 Å². The minimum atomic E-state index is 0.0413. The average molecular weight is 380 g/mol. The summed E-state index contributed by atoms with van der Waals surface area (Å²) in [5.74, 6) is 0.0413. The molecule has 3 aromatic rings. The van der Waals surface area contributed by atoms with Gasteiger partial charge in [0, 0.05) is 36.2 Å². The number of fused-ring (bicyclic) bond motifs is 1. The molecule has 0 unspecified atom stereocenters. The second-order valence-electron chi connectivity index (χ2n) is 6.90. The number of halogens is 1. The fourth-order valence-electron chi connectivity index (χ4n) is 3.57. The number of anilines is 1. The Morgan fingerprint density at radius 2 is 1.85 bits per heavy atom. The third-order valence-electron chi connectivity index (χ3n) is 5.02. The van der Waals surface area contributed by atoms with Gasteiger partial charge in [-0.2, -0.15) is 0 Å². The van der Waals surface area contributed by atoms with E-state index in [1.165, 1.54) is 6.42 Å². The molecule has 4 nitrogen and oxygen atoms in total. The Kier molecular flexibility index (Phi) is 5.26. The standard InChI is InChI=1S/C22H22ClN3O/c23-17-9-10-20-18(13-17)21(25-14-16-7-3-1-4-8-16)19(15-24-20)22(27)26-11-5-2-6-12-26/h1,3-4,7-10,13,15H,2,5-6,11-12,14H2,(H,24,25). The fraction of sp³-hybridized carbons (Fsp3) is 0.273. The SMILES string of the molecule is O=C(c1cnc2ccc(Cl)cc2c1NCc1ccccc1)N1CCCCC1.